The van der Waals surface area contributed by atoms with Gasteiger partial charge in [-0.1, -0.05) is 0 Å². The van der Waals surface area contributed by atoms with Crippen LogP contribution in [0.4, 0.5) is 0 Å². The van der Waals surface area contributed by atoms with Gasteiger partial charge < -0.3 is 10.1 Å². The summed E-state index contributed by atoms with van der Waals surface area (Å²) in [5.74, 6) is 0.0736. The molecule has 0 aliphatic carbocycles. The van der Waals surface area contributed by atoms with Gasteiger partial charge in [0.05, 0.1) is 18.8 Å². The highest BCUT2D eigenvalue weighted by molar-refractivity contribution is 7.10. The monoisotopic (exact) mass is 399 g/mol. The van der Waals surface area contributed by atoms with E-state index in [1.54, 1.807) is 18.4 Å². The Balaban J connectivity index is 1.74. The summed E-state index contributed by atoms with van der Waals surface area (Å²) in [6, 6.07) is 3.83. The molecule has 148 valence electrons. The standard InChI is InChI=1S/C20H25N5O2S/c1-13-8-14(11-22-10-13)15-9-16(28-12-15)20(2)17(25-4-6-27-7-5-25)18(26)24(3)19(21)23-20/h8-12,17H,4-7H2,1-3H3,(H2,21,23)/t17?,20-/m1/s1. The number of morpholine rings is 1. The Labute approximate surface area is 168 Å². The van der Waals surface area contributed by atoms with Gasteiger partial charge in [0, 0.05) is 43.0 Å². The van der Waals surface area contributed by atoms with E-state index in [4.69, 9.17) is 10.1 Å². The predicted octanol–water partition coefficient (Wildman–Crippen LogP) is 2.03. The Bertz CT molecular complexity index is 908. The number of hydrogen-bond donors (Lipinski definition) is 2. The molecule has 0 spiro atoms. The molecular formula is C20H25N5O2S. The van der Waals surface area contributed by atoms with E-state index in [0.29, 0.717) is 26.3 Å². The van der Waals surface area contributed by atoms with Gasteiger partial charge in [-0.3, -0.25) is 25.0 Å². The summed E-state index contributed by atoms with van der Waals surface area (Å²) in [7, 11) is 1.66. The smallest absolute Gasteiger partial charge is 0.249 e. The number of ether oxygens (including phenoxy) is 1. The van der Waals surface area contributed by atoms with Crippen LogP contribution >= 0.6 is 11.3 Å². The van der Waals surface area contributed by atoms with Crippen LogP contribution in [0.25, 0.3) is 11.1 Å². The first-order valence-corrected chi connectivity index (χ1v) is 10.3. The number of amides is 1. The lowest BCUT2D eigenvalue weighted by Crippen LogP contribution is -2.71. The minimum absolute atomic E-state index is 0.0553. The molecule has 2 N–H and O–H groups in total. The van der Waals surface area contributed by atoms with Gasteiger partial charge in [0.25, 0.3) is 0 Å². The van der Waals surface area contributed by atoms with E-state index in [-0.39, 0.29) is 11.9 Å². The average molecular weight is 400 g/mol. The molecule has 2 atom stereocenters. The SMILES string of the molecule is Cc1cncc(-c2csc([C@@]3(C)NC(=N)N(C)C(=O)C3N3CCOCC3)c2)c1. The van der Waals surface area contributed by atoms with Crippen LogP contribution in [0, 0.1) is 12.3 Å². The van der Waals surface area contributed by atoms with Crippen LogP contribution in [0.1, 0.15) is 17.4 Å². The number of carbonyl (C=O) groups excluding carboxylic acids is 1. The fourth-order valence-electron chi connectivity index (χ4n) is 3.96. The van der Waals surface area contributed by atoms with Crippen molar-refractivity contribution in [1.29, 1.82) is 5.41 Å². The van der Waals surface area contributed by atoms with Gasteiger partial charge in [0.1, 0.15) is 6.04 Å². The molecule has 2 aliphatic rings. The molecule has 8 heteroatoms. The van der Waals surface area contributed by atoms with E-state index in [0.717, 1.165) is 21.6 Å². The molecule has 2 aliphatic heterocycles. The maximum Gasteiger partial charge on any atom is 0.249 e. The number of aromatic nitrogens is 1. The third kappa shape index (κ3) is 3.21. The largest absolute Gasteiger partial charge is 0.379 e. The van der Waals surface area contributed by atoms with Crippen LogP contribution in [0.3, 0.4) is 0 Å². The van der Waals surface area contributed by atoms with Crippen molar-refractivity contribution in [3.63, 3.8) is 0 Å². The number of pyridine rings is 1. The molecule has 0 bridgehead atoms. The highest BCUT2D eigenvalue weighted by Crippen LogP contribution is 2.38. The van der Waals surface area contributed by atoms with E-state index < -0.39 is 11.6 Å². The highest BCUT2D eigenvalue weighted by Gasteiger charge is 2.51. The van der Waals surface area contributed by atoms with E-state index in [2.05, 4.69) is 32.7 Å². The number of hydrogen-bond acceptors (Lipinski definition) is 6. The Hall–Kier alpha value is -2.29. The minimum atomic E-state index is -0.682. The Kier molecular flexibility index (Phi) is 4.95. The van der Waals surface area contributed by atoms with Crippen molar-refractivity contribution < 1.29 is 9.53 Å². The molecule has 0 saturated carbocycles. The topological polar surface area (TPSA) is 81.6 Å². The van der Waals surface area contributed by atoms with Crippen molar-refractivity contribution in [3.05, 3.63) is 40.3 Å². The summed E-state index contributed by atoms with van der Waals surface area (Å²) in [6.07, 6.45) is 3.70. The third-order valence-corrected chi connectivity index (χ3v) is 6.72. The molecule has 7 nitrogen and oxygen atoms in total. The first kappa shape index (κ1) is 19.0. The van der Waals surface area contributed by atoms with Crippen molar-refractivity contribution in [2.75, 3.05) is 33.4 Å². The number of nitrogens with zero attached hydrogens (tertiary/aromatic N) is 3. The highest BCUT2D eigenvalue weighted by atomic mass is 32.1. The van der Waals surface area contributed by atoms with Crippen molar-refractivity contribution in [2.24, 2.45) is 0 Å². The average Bonchev–Trinajstić information content (AvgIpc) is 3.18. The predicted molar refractivity (Wildman–Crippen MR) is 109 cm³/mol. The number of guanidine groups is 1. The number of carbonyl (C=O) groups is 1. The zero-order valence-electron chi connectivity index (χ0n) is 16.4. The van der Waals surface area contributed by atoms with E-state index in [1.807, 2.05) is 26.2 Å². The molecule has 28 heavy (non-hydrogen) atoms. The molecule has 2 saturated heterocycles. The Morgan fingerprint density at radius 3 is 2.75 bits per heavy atom. The van der Waals surface area contributed by atoms with Crippen LogP contribution < -0.4 is 5.32 Å². The molecule has 2 fully saturated rings. The number of nitrogens with one attached hydrogen (secondary N) is 2. The molecule has 1 unspecified atom stereocenters. The second kappa shape index (κ2) is 7.27. The van der Waals surface area contributed by atoms with Gasteiger partial charge in [0.2, 0.25) is 5.91 Å². The molecular weight excluding hydrogens is 374 g/mol. The lowest BCUT2D eigenvalue weighted by Gasteiger charge is -2.49. The number of thiophene rings is 1. The first-order valence-electron chi connectivity index (χ1n) is 9.37. The minimum Gasteiger partial charge on any atom is -0.379 e. The summed E-state index contributed by atoms with van der Waals surface area (Å²) in [5.41, 5.74) is 2.57. The Morgan fingerprint density at radius 1 is 1.29 bits per heavy atom. The van der Waals surface area contributed by atoms with Crippen molar-refractivity contribution >= 4 is 23.2 Å². The van der Waals surface area contributed by atoms with Crippen LogP contribution in [0.5, 0.6) is 0 Å². The molecule has 0 aromatic carbocycles. The molecule has 1 amide bonds. The van der Waals surface area contributed by atoms with Gasteiger partial charge in [0.15, 0.2) is 5.96 Å². The van der Waals surface area contributed by atoms with Gasteiger partial charge in [-0.25, -0.2) is 0 Å². The molecule has 2 aromatic heterocycles. The second-order valence-corrected chi connectivity index (χ2v) is 8.49. The summed E-state index contributed by atoms with van der Waals surface area (Å²) in [4.78, 5) is 22.1. The summed E-state index contributed by atoms with van der Waals surface area (Å²) < 4.78 is 5.49. The van der Waals surface area contributed by atoms with Crippen LogP contribution in [0.2, 0.25) is 0 Å². The second-order valence-electron chi connectivity index (χ2n) is 7.57. The van der Waals surface area contributed by atoms with Crippen LogP contribution in [-0.2, 0) is 15.1 Å². The first-order chi connectivity index (χ1) is 13.4. The molecule has 4 heterocycles. The van der Waals surface area contributed by atoms with Crippen LogP contribution in [-0.4, -0.2) is 66.0 Å². The fourth-order valence-corrected chi connectivity index (χ4v) is 5.03. The van der Waals surface area contributed by atoms with Gasteiger partial charge in [-0.2, -0.15) is 0 Å². The zero-order valence-corrected chi connectivity index (χ0v) is 17.2. The maximum atomic E-state index is 13.2. The summed E-state index contributed by atoms with van der Waals surface area (Å²) >= 11 is 1.61. The van der Waals surface area contributed by atoms with Gasteiger partial charge in [-0.05, 0) is 42.5 Å². The van der Waals surface area contributed by atoms with Gasteiger partial charge >= 0.3 is 0 Å². The molecule has 4 rings (SSSR count). The quantitative estimate of drug-likeness (QED) is 0.825. The van der Waals surface area contributed by atoms with Crippen LogP contribution in [0.15, 0.2) is 29.9 Å². The summed E-state index contributed by atoms with van der Waals surface area (Å²) in [5, 5.41) is 13.7. The number of likely N-dealkylation sites (N-methyl/N-ethyl adjacent to an activating group) is 1. The molecule has 2 aromatic rings. The number of aryl methyl sites for hydroxylation is 1. The lowest BCUT2D eigenvalue weighted by molar-refractivity contribution is -0.140. The zero-order chi connectivity index (χ0) is 19.9. The summed E-state index contributed by atoms with van der Waals surface area (Å²) in [6.45, 7) is 6.69. The number of rotatable bonds is 3. The van der Waals surface area contributed by atoms with Gasteiger partial charge in [-0.15, -0.1) is 11.3 Å². The van der Waals surface area contributed by atoms with Crippen molar-refractivity contribution in [3.8, 4) is 11.1 Å². The van der Waals surface area contributed by atoms with Crippen molar-refractivity contribution in [2.45, 2.75) is 25.4 Å². The van der Waals surface area contributed by atoms with E-state index >= 15 is 0 Å². The maximum absolute atomic E-state index is 13.2. The van der Waals surface area contributed by atoms with Crippen molar-refractivity contribution in [1.82, 2.24) is 20.1 Å². The van der Waals surface area contributed by atoms with E-state index in [9.17, 15) is 4.79 Å². The lowest BCUT2D eigenvalue weighted by atomic mass is 9.85. The Morgan fingerprint density at radius 2 is 2.04 bits per heavy atom. The third-order valence-electron chi connectivity index (χ3n) is 5.56. The normalized spacial score (nSPS) is 26.4. The van der Waals surface area contributed by atoms with E-state index in [1.165, 1.54) is 4.90 Å². The molecule has 0 radical (unpaired) electrons. The fraction of sp³-hybridized carbons (Fsp3) is 0.450.